The Bertz CT molecular complexity index is 291. The second-order valence-electron chi connectivity index (χ2n) is 3.68. The third-order valence-corrected chi connectivity index (χ3v) is 2.28. The highest BCUT2D eigenvalue weighted by Crippen LogP contribution is 1.94. The van der Waals surface area contributed by atoms with E-state index in [9.17, 15) is 0 Å². The van der Waals surface area contributed by atoms with Gasteiger partial charge in [0.05, 0.1) is 32.9 Å². The van der Waals surface area contributed by atoms with Gasteiger partial charge in [-0.2, -0.15) is 5.10 Å². The predicted molar refractivity (Wildman–Crippen MR) is 64.7 cm³/mol. The molecule has 0 radical (unpaired) electrons. The molecule has 1 heterocycles. The fourth-order valence-electron chi connectivity index (χ4n) is 1.38. The molecule has 0 aliphatic carbocycles. The van der Waals surface area contributed by atoms with Crippen LogP contribution in [0.2, 0.25) is 0 Å². The third-order valence-electron chi connectivity index (χ3n) is 2.28. The van der Waals surface area contributed by atoms with Gasteiger partial charge < -0.3 is 14.8 Å². The minimum atomic E-state index is 0.620. The lowest BCUT2D eigenvalue weighted by Gasteiger charge is -2.07. The second kappa shape index (κ2) is 9.09. The smallest absolute Gasteiger partial charge is 0.140 e. The summed E-state index contributed by atoms with van der Waals surface area (Å²) in [4.78, 5) is 4.21. The van der Waals surface area contributed by atoms with Crippen molar-refractivity contribution in [2.45, 2.75) is 26.4 Å². The summed E-state index contributed by atoms with van der Waals surface area (Å²) in [5.41, 5.74) is 0. The van der Waals surface area contributed by atoms with E-state index in [1.807, 2.05) is 4.68 Å². The van der Waals surface area contributed by atoms with Crippen LogP contribution in [-0.4, -0.2) is 48.2 Å². The Labute approximate surface area is 102 Å². The monoisotopic (exact) mass is 242 g/mol. The number of ether oxygens (including phenoxy) is 2. The van der Waals surface area contributed by atoms with Gasteiger partial charge in [0.1, 0.15) is 12.2 Å². The summed E-state index contributed by atoms with van der Waals surface area (Å²) < 4.78 is 12.2. The maximum Gasteiger partial charge on any atom is 0.140 e. The van der Waals surface area contributed by atoms with Crippen LogP contribution < -0.4 is 5.32 Å². The molecule has 0 aromatic carbocycles. The molecule has 0 aliphatic heterocycles. The van der Waals surface area contributed by atoms with Crippen LogP contribution in [0.1, 0.15) is 19.2 Å². The molecular weight excluding hydrogens is 220 g/mol. The van der Waals surface area contributed by atoms with E-state index >= 15 is 0 Å². The van der Waals surface area contributed by atoms with E-state index < -0.39 is 0 Å². The molecule has 1 N–H and O–H groups in total. The van der Waals surface area contributed by atoms with Gasteiger partial charge in [0.25, 0.3) is 0 Å². The number of hydrogen-bond donors (Lipinski definition) is 1. The zero-order valence-electron chi connectivity index (χ0n) is 10.7. The molecule has 0 amide bonds. The average Bonchev–Trinajstić information content (AvgIpc) is 2.77. The zero-order chi connectivity index (χ0) is 12.3. The van der Waals surface area contributed by atoms with Gasteiger partial charge in [0, 0.05) is 7.11 Å². The van der Waals surface area contributed by atoms with Crippen LogP contribution in [0.4, 0.5) is 0 Å². The SMILES string of the molecule is CCCNCc1ncnn1CCOCCOC. The van der Waals surface area contributed by atoms with Crippen molar-refractivity contribution in [3.8, 4) is 0 Å². The molecule has 6 heteroatoms. The van der Waals surface area contributed by atoms with Crippen LogP contribution in [0.5, 0.6) is 0 Å². The molecule has 6 nitrogen and oxygen atoms in total. The molecule has 1 aromatic rings. The summed E-state index contributed by atoms with van der Waals surface area (Å²) in [7, 11) is 1.66. The summed E-state index contributed by atoms with van der Waals surface area (Å²) in [6.45, 7) is 6.50. The Hall–Kier alpha value is -0.980. The van der Waals surface area contributed by atoms with E-state index in [0.29, 0.717) is 19.8 Å². The summed E-state index contributed by atoms with van der Waals surface area (Å²) in [5, 5.41) is 7.47. The van der Waals surface area contributed by atoms with Crippen LogP contribution in [0.3, 0.4) is 0 Å². The van der Waals surface area contributed by atoms with Gasteiger partial charge in [-0.05, 0) is 13.0 Å². The first-order valence-electron chi connectivity index (χ1n) is 6.02. The zero-order valence-corrected chi connectivity index (χ0v) is 10.7. The number of nitrogens with one attached hydrogen (secondary N) is 1. The molecular formula is C11H22N4O2. The summed E-state index contributed by atoms with van der Waals surface area (Å²) >= 11 is 0. The number of rotatable bonds is 10. The molecule has 0 saturated heterocycles. The molecule has 1 rings (SSSR count). The first kappa shape index (κ1) is 14.1. The molecule has 0 spiro atoms. The van der Waals surface area contributed by atoms with Crippen molar-refractivity contribution in [1.29, 1.82) is 0 Å². The van der Waals surface area contributed by atoms with E-state index in [1.54, 1.807) is 13.4 Å². The van der Waals surface area contributed by atoms with Crippen molar-refractivity contribution in [2.75, 3.05) is 33.5 Å². The highest BCUT2D eigenvalue weighted by atomic mass is 16.5. The standard InChI is InChI=1S/C11H22N4O2/c1-3-4-12-9-11-13-10-14-15(11)5-6-17-8-7-16-2/h10,12H,3-9H2,1-2H3. The molecule has 0 saturated carbocycles. The molecule has 0 atom stereocenters. The molecule has 0 unspecified atom stereocenters. The van der Waals surface area contributed by atoms with Crippen molar-refractivity contribution in [3.05, 3.63) is 12.2 Å². The molecule has 17 heavy (non-hydrogen) atoms. The normalized spacial score (nSPS) is 10.9. The minimum absolute atomic E-state index is 0.620. The predicted octanol–water partition coefficient (Wildman–Crippen LogP) is 0.441. The van der Waals surface area contributed by atoms with Crippen molar-refractivity contribution in [2.24, 2.45) is 0 Å². The van der Waals surface area contributed by atoms with Gasteiger partial charge in [0.2, 0.25) is 0 Å². The van der Waals surface area contributed by atoms with Gasteiger partial charge in [-0.25, -0.2) is 9.67 Å². The van der Waals surface area contributed by atoms with Crippen molar-refractivity contribution in [1.82, 2.24) is 20.1 Å². The maximum atomic E-state index is 5.39. The van der Waals surface area contributed by atoms with Crippen LogP contribution in [0.25, 0.3) is 0 Å². The van der Waals surface area contributed by atoms with Crippen LogP contribution in [0, 0.1) is 0 Å². The van der Waals surface area contributed by atoms with Gasteiger partial charge in [-0.1, -0.05) is 6.92 Å². The van der Waals surface area contributed by atoms with E-state index in [2.05, 4.69) is 22.3 Å². The lowest BCUT2D eigenvalue weighted by molar-refractivity contribution is 0.0650. The Morgan fingerprint density at radius 3 is 3.00 bits per heavy atom. The molecule has 98 valence electrons. The fraction of sp³-hybridized carbons (Fsp3) is 0.818. The van der Waals surface area contributed by atoms with Crippen molar-refractivity contribution in [3.63, 3.8) is 0 Å². The van der Waals surface area contributed by atoms with Gasteiger partial charge in [-0.15, -0.1) is 0 Å². The largest absolute Gasteiger partial charge is 0.382 e. The molecule has 1 aromatic heterocycles. The number of methoxy groups -OCH3 is 1. The molecule has 0 fully saturated rings. The Kier molecular flexibility index (Phi) is 7.53. The van der Waals surface area contributed by atoms with E-state index in [-0.39, 0.29) is 0 Å². The summed E-state index contributed by atoms with van der Waals surface area (Å²) in [5.74, 6) is 0.953. The topological polar surface area (TPSA) is 61.2 Å². The van der Waals surface area contributed by atoms with Crippen LogP contribution in [-0.2, 0) is 22.6 Å². The lowest BCUT2D eigenvalue weighted by atomic mass is 10.4. The Morgan fingerprint density at radius 1 is 1.35 bits per heavy atom. The Balaban J connectivity index is 2.20. The van der Waals surface area contributed by atoms with E-state index in [1.165, 1.54) is 0 Å². The highest BCUT2D eigenvalue weighted by Gasteiger charge is 2.02. The van der Waals surface area contributed by atoms with Crippen molar-refractivity contribution >= 4 is 0 Å². The van der Waals surface area contributed by atoms with Crippen molar-refractivity contribution < 1.29 is 9.47 Å². The molecule has 0 aliphatic rings. The first-order chi connectivity index (χ1) is 8.38. The lowest BCUT2D eigenvalue weighted by Crippen LogP contribution is -2.19. The number of aromatic nitrogens is 3. The Morgan fingerprint density at radius 2 is 2.24 bits per heavy atom. The number of nitrogens with zero attached hydrogens (tertiary/aromatic N) is 3. The quantitative estimate of drug-likeness (QED) is 0.603. The van der Waals surface area contributed by atoms with Gasteiger partial charge in [-0.3, -0.25) is 0 Å². The minimum Gasteiger partial charge on any atom is -0.382 e. The molecule has 0 bridgehead atoms. The second-order valence-corrected chi connectivity index (χ2v) is 3.68. The van der Waals surface area contributed by atoms with Crippen LogP contribution in [0.15, 0.2) is 6.33 Å². The fourth-order valence-corrected chi connectivity index (χ4v) is 1.38. The van der Waals surface area contributed by atoms with E-state index in [4.69, 9.17) is 9.47 Å². The van der Waals surface area contributed by atoms with Crippen LogP contribution >= 0.6 is 0 Å². The van der Waals surface area contributed by atoms with Gasteiger partial charge >= 0.3 is 0 Å². The summed E-state index contributed by atoms with van der Waals surface area (Å²) in [6.07, 6.45) is 2.70. The third kappa shape index (κ3) is 5.76. The first-order valence-corrected chi connectivity index (χ1v) is 6.02. The number of hydrogen-bond acceptors (Lipinski definition) is 5. The van der Waals surface area contributed by atoms with E-state index in [0.717, 1.165) is 31.9 Å². The van der Waals surface area contributed by atoms with Gasteiger partial charge in [0.15, 0.2) is 0 Å². The average molecular weight is 242 g/mol. The highest BCUT2D eigenvalue weighted by molar-refractivity contribution is 4.83. The summed E-state index contributed by atoms with van der Waals surface area (Å²) in [6, 6.07) is 0. The maximum absolute atomic E-state index is 5.39.